The summed E-state index contributed by atoms with van der Waals surface area (Å²) < 4.78 is 11.2. The van der Waals surface area contributed by atoms with Gasteiger partial charge in [-0.25, -0.2) is 0 Å². The van der Waals surface area contributed by atoms with Crippen LogP contribution in [0.4, 0.5) is 0 Å². The Kier molecular flexibility index (Phi) is 5.02. The molecule has 0 fully saturated rings. The van der Waals surface area contributed by atoms with E-state index >= 15 is 0 Å². The summed E-state index contributed by atoms with van der Waals surface area (Å²) in [6.45, 7) is 3.98. The number of rotatable bonds is 7. The largest absolute Gasteiger partial charge is 0.493 e. The summed E-state index contributed by atoms with van der Waals surface area (Å²) in [5, 5.41) is 0. The normalized spacial score (nSPS) is 15.4. The van der Waals surface area contributed by atoms with E-state index in [0.29, 0.717) is 19.8 Å². The van der Waals surface area contributed by atoms with E-state index in [4.69, 9.17) is 15.2 Å². The molecule has 0 saturated carbocycles. The predicted octanol–water partition coefficient (Wildman–Crippen LogP) is 2.31. The van der Waals surface area contributed by atoms with Crippen molar-refractivity contribution in [3.63, 3.8) is 0 Å². The minimum Gasteiger partial charge on any atom is -0.493 e. The number of aryl methyl sites for hydroxylation is 2. The molecule has 0 aliphatic heterocycles. The van der Waals surface area contributed by atoms with Gasteiger partial charge in [0.05, 0.1) is 19.3 Å². The summed E-state index contributed by atoms with van der Waals surface area (Å²) in [5.74, 6) is 0.988. The fourth-order valence-electron chi connectivity index (χ4n) is 2.24. The minimum absolute atomic E-state index is 0.144. The van der Waals surface area contributed by atoms with E-state index in [1.165, 1.54) is 30.4 Å². The second-order valence-corrected chi connectivity index (χ2v) is 4.90. The van der Waals surface area contributed by atoms with Crippen molar-refractivity contribution in [3.05, 3.63) is 29.3 Å². The number of fused-ring (bicyclic) bond motifs is 1. The SMILES string of the molecule is CC(CN)OCCCOc1ccc2c(c1)CCC2. The molecule has 18 heavy (non-hydrogen) atoms. The highest BCUT2D eigenvalue weighted by molar-refractivity contribution is 5.38. The van der Waals surface area contributed by atoms with Crippen LogP contribution in [0.15, 0.2) is 18.2 Å². The van der Waals surface area contributed by atoms with Gasteiger partial charge < -0.3 is 15.2 Å². The van der Waals surface area contributed by atoms with E-state index in [1.54, 1.807) is 0 Å². The third kappa shape index (κ3) is 3.72. The third-order valence-electron chi connectivity index (χ3n) is 3.36. The lowest BCUT2D eigenvalue weighted by atomic mass is 10.1. The number of ether oxygens (including phenoxy) is 2. The van der Waals surface area contributed by atoms with Gasteiger partial charge in [0, 0.05) is 13.0 Å². The maximum Gasteiger partial charge on any atom is 0.119 e. The Labute approximate surface area is 109 Å². The van der Waals surface area contributed by atoms with Crippen LogP contribution in [0, 0.1) is 0 Å². The number of benzene rings is 1. The van der Waals surface area contributed by atoms with Crippen molar-refractivity contribution >= 4 is 0 Å². The van der Waals surface area contributed by atoms with Gasteiger partial charge in [-0.2, -0.15) is 0 Å². The Morgan fingerprint density at radius 2 is 2.06 bits per heavy atom. The molecular formula is C15H23NO2. The van der Waals surface area contributed by atoms with Gasteiger partial charge in [-0.1, -0.05) is 6.07 Å². The van der Waals surface area contributed by atoms with Gasteiger partial charge in [-0.05, 0) is 49.4 Å². The Morgan fingerprint density at radius 1 is 1.22 bits per heavy atom. The number of nitrogens with two attached hydrogens (primary N) is 1. The first-order chi connectivity index (χ1) is 8.79. The van der Waals surface area contributed by atoms with Crippen LogP contribution in [-0.2, 0) is 17.6 Å². The molecule has 1 aliphatic rings. The van der Waals surface area contributed by atoms with Crippen LogP contribution in [0.25, 0.3) is 0 Å². The highest BCUT2D eigenvalue weighted by Crippen LogP contribution is 2.25. The molecule has 0 spiro atoms. The smallest absolute Gasteiger partial charge is 0.119 e. The second-order valence-electron chi connectivity index (χ2n) is 4.90. The van der Waals surface area contributed by atoms with Crippen LogP contribution in [0.3, 0.4) is 0 Å². The molecule has 100 valence electrons. The molecule has 1 aliphatic carbocycles. The van der Waals surface area contributed by atoms with Crippen molar-refractivity contribution in [1.29, 1.82) is 0 Å². The first-order valence-electron chi connectivity index (χ1n) is 6.86. The van der Waals surface area contributed by atoms with Crippen LogP contribution in [0.2, 0.25) is 0 Å². The van der Waals surface area contributed by atoms with E-state index in [9.17, 15) is 0 Å². The summed E-state index contributed by atoms with van der Waals surface area (Å²) in [6.07, 6.45) is 4.75. The van der Waals surface area contributed by atoms with E-state index in [2.05, 4.69) is 18.2 Å². The zero-order valence-electron chi connectivity index (χ0n) is 11.2. The Morgan fingerprint density at radius 3 is 2.89 bits per heavy atom. The molecule has 2 N–H and O–H groups in total. The fourth-order valence-corrected chi connectivity index (χ4v) is 2.24. The van der Waals surface area contributed by atoms with Crippen LogP contribution in [0.5, 0.6) is 5.75 Å². The summed E-state index contributed by atoms with van der Waals surface area (Å²) in [6, 6.07) is 6.46. The molecule has 1 unspecified atom stereocenters. The Balaban J connectivity index is 1.68. The highest BCUT2D eigenvalue weighted by Gasteiger charge is 2.10. The third-order valence-corrected chi connectivity index (χ3v) is 3.36. The molecule has 0 heterocycles. The molecule has 3 heteroatoms. The molecule has 0 aromatic heterocycles. The van der Waals surface area contributed by atoms with Gasteiger partial charge in [0.2, 0.25) is 0 Å². The lowest BCUT2D eigenvalue weighted by molar-refractivity contribution is 0.0631. The summed E-state index contributed by atoms with van der Waals surface area (Å²) in [4.78, 5) is 0. The summed E-state index contributed by atoms with van der Waals surface area (Å²) >= 11 is 0. The lowest BCUT2D eigenvalue weighted by Gasteiger charge is -2.11. The second kappa shape index (κ2) is 6.76. The zero-order valence-corrected chi connectivity index (χ0v) is 11.2. The van der Waals surface area contributed by atoms with Crippen molar-refractivity contribution in [1.82, 2.24) is 0 Å². The topological polar surface area (TPSA) is 44.5 Å². The first-order valence-corrected chi connectivity index (χ1v) is 6.86. The maximum atomic E-state index is 5.74. The van der Waals surface area contributed by atoms with E-state index < -0.39 is 0 Å². The van der Waals surface area contributed by atoms with Crippen LogP contribution >= 0.6 is 0 Å². The first kappa shape index (κ1) is 13.4. The number of hydrogen-bond donors (Lipinski definition) is 1. The Hall–Kier alpha value is -1.06. The van der Waals surface area contributed by atoms with Crippen LogP contribution in [-0.4, -0.2) is 25.9 Å². The van der Waals surface area contributed by atoms with Crippen molar-refractivity contribution in [2.24, 2.45) is 5.73 Å². The molecule has 0 amide bonds. The van der Waals surface area contributed by atoms with E-state index in [0.717, 1.165) is 12.2 Å². The molecule has 0 bridgehead atoms. The minimum atomic E-state index is 0.144. The molecule has 2 rings (SSSR count). The summed E-state index contributed by atoms with van der Waals surface area (Å²) in [7, 11) is 0. The van der Waals surface area contributed by atoms with Crippen molar-refractivity contribution in [3.8, 4) is 5.75 Å². The van der Waals surface area contributed by atoms with Gasteiger partial charge in [-0.3, -0.25) is 0 Å². The molecule has 1 atom stereocenters. The van der Waals surface area contributed by atoms with E-state index in [-0.39, 0.29) is 6.10 Å². The maximum absolute atomic E-state index is 5.74. The molecule has 3 nitrogen and oxygen atoms in total. The fraction of sp³-hybridized carbons (Fsp3) is 0.600. The zero-order chi connectivity index (χ0) is 12.8. The van der Waals surface area contributed by atoms with Crippen LogP contribution < -0.4 is 10.5 Å². The molecular weight excluding hydrogens is 226 g/mol. The molecule has 0 saturated heterocycles. The molecule has 1 aromatic carbocycles. The van der Waals surface area contributed by atoms with Crippen molar-refractivity contribution < 1.29 is 9.47 Å². The van der Waals surface area contributed by atoms with Gasteiger partial charge in [-0.15, -0.1) is 0 Å². The quantitative estimate of drug-likeness (QED) is 0.754. The predicted molar refractivity (Wildman–Crippen MR) is 73.0 cm³/mol. The van der Waals surface area contributed by atoms with Gasteiger partial charge in [0.25, 0.3) is 0 Å². The standard InChI is InChI=1S/C15H23NO2/c1-12(11-16)17-8-3-9-18-15-7-6-13-4-2-5-14(13)10-15/h6-7,10,12H,2-5,8-9,11,16H2,1H3. The summed E-state index contributed by atoms with van der Waals surface area (Å²) in [5.41, 5.74) is 8.42. The number of hydrogen-bond acceptors (Lipinski definition) is 3. The van der Waals surface area contributed by atoms with Crippen molar-refractivity contribution in [2.45, 2.75) is 38.7 Å². The van der Waals surface area contributed by atoms with Gasteiger partial charge in [0.15, 0.2) is 0 Å². The average Bonchev–Trinajstić information content (AvgIpc) is 2.85. The van der Waals surface area contributed by atoms with Gasteiger partial charge >= 0.3 is 0 Å². The van der Waals surface area contributed by atoms with Crippen LogP contribution in [0.1, 0.15) is 30.9 Å². The monoisotopic (exact) mass is 249 g/mol. The lowest BCUT2D eigenvalue weighted by Crippen LogP contribution is -2.21. The van der Waals surface area contributed by atoms with Gasteiger partial charge in [0.1, 0.15) is 5.75 Å². The average molecular weight is 249 g/mol. The highest BCUT2D eigenvalue weighted by atomic mass is 16.5. The molecule has 1 aromatic rings. The van der Waals surface area contributed by atoms with Crippen molar-refractivity contribution in [2.75, 3.05) is 19.8 Å². The molecule has 0 radical (unpaired) electrons. The Bertz CT molecular complexity index is 379. The van der Waals surface area contributed by atoms with E-state index in [1.807, 2.05) is 6.92 Å².